The van der Waals surface area contributed by atoms with Crippen molar-refractivity contribution < 1.29 is 9.59 Å². The highest BCUT2D eigenvalue weighted by Gasteiger charge is 2.44. The van der Waals surface area contributed by atoms with E-state index < -0.39 is 5.54 Å². The molecule has 0 saturated carbocycles. The number of pyridine rings is 1. The molecule has 6 heteroatoms. The maximum atomic E-state index is 12.9. The van der Waals surface area contributed by atoms with Crippen LogP contribution in [0.4, 0.5) is 0 Å². The SMILES string of the molecule is CN1C(=O)C(C)(Cc2ccccc2)NC(=O)/C1=C/c1cccnc1C#N. The summed E-state index contributed by atoms with van der Waals surface area (Å²) in [6.45, 7) is 1.72. The topological polar surface area (TPSA) is 86.1 Å². The van der Waals surface area contributed by atoms with Gasteiger partial charge in [-0.05, 0) is 24.6 Å². The molecule has 26 heavy (non-hydrogen) atoms. The van der Waals surface area contributed by atoms with E-state index in [2.05, 4.69) is 10.3 Å². The maximum Gasteiger partial charge on any atom is 0.268 e. The number of carbonyl (C=O) groups excluding carboxylic acids is 2. The summed E-state index contributed by atoms with van der Waals surface area (Å²) in [6.07, 6.45) is 3.42. The van der Waals surface area contributed by atoms with Crippen LogP contribution in [-0.2, 0) is 16.0 Å². The van der Waals surface area contributed by atoms with Gasteiger partial charge in [0.1, 0.15) is 23.0 Å². The lowest BCUT2D eigenvalue weighted by Crippen LogP contribution is -2.64. The number of aromatic nitrogens is 1. The van der Waals surface area contributed by atoms with Crippen LogP contribution in [0.2, 0.25) is 0 Å². The largest absolute Gasteiger partial charge is 0.336 e. The molecule has 0 spiro atoms. The number of benzene rings is 1. The molecule has 130 valence electrons. The average molecular weight is 346 g/mol. The number of rotatable bonds is 3. The minimum absolute atomic E-state index is 0.185. The highest BCUT2D eigenvalue weighted by molar-refractivity contribution is 6.09. The van der Waals surface area contributed by atoms with Crippen molar-refractivity contribution in [3.8, 4) is 6.07 Å². The van der Waals surface area contributed by atoms with E-state index in [0.717, 1.165) is 5.56 Å². The van der Waals surface area contributed by atoms with Crippen molar-refractivity contribution in [1.29, 1.82) is 5.26 Å². The Morgan fingerprint density at radius 3 is 2.65 bits per heavy atom. The number of hydrogen-bond acceptors (Lipinski definition) is 4. The first kappa shape index (κ1) is 17.4. The molecule has 1 saturated heterocycles. The van der Waals surface area contributed by atoms with E-state index in [4.69, 9.17) is 5.26 Å². The Balaban J connectivity index is 1.93. The van der Waals surface area contributed by atoms with Gasteiger partial charge in [-0.15, -0.1) is 0 Å². The maximum absolute atomic E-state index is 12.9. The van der Waals surface area contributed by atoms with Crippen LogP contribution in [0.5, 0.6) is 0 Å². The molecule has 3 rings (SSSR count). The van der Waals surface area contributed by atoms with Gasteiger partial charge in [0, 0.05) is 25.2 Å². The fourth-order valence-electron chi connectivity index (χ4n) is 3.06. The summed E-state index contributed by atoms with van der Waals surface area (Å²) in [5, 5.41) is 12.0. The molecule has 2 heterocycles. The van der Waals surface area contributed by atoms with Gasteiger partial charge in [-0.25, -0.2) is 4.98 Å². The van der Waals surface area contributed by atoms with Crippen molar-refractivity contribution in [2.45, 2.75) is 18.9 Å². The molecule has 1 aromatic heterocycles. The zero-order valence-electron chi connectivity index (χ0n) is 14.6. The Morgan fingerprint density at radius 2 is 1.96 bits per heavy atom. The summed E-state index contributed by atoms with van der Waals surface area (Å²) in [4.78, 5) is 30.9. The number of nitriles is 1. The first-order chi connectivity index (χ1) is 12.4. The van der Waals surface area contributed by atoms with Crippen molar-refractivity contribution in [3.63, 3.8) is 0 Å². The van der Waals surface area contributed by atoms with Gasteiger partial charge in [-0.1, -0.05) is 36.4 Å². The summed E-state index contributed by atoms with van der Waals surface area (Å²) in [7, 11) is 1.57. The third-order valence-corrected chi connectivity index (χ3v) is 4.40. The Labute approximate surface area is 151 Å². The lowest BCUT2D eigenvalue weighted by Gasteiger charge is -2.39. The smallest absolute Gasteiger partial charge is 0.268 e. The standard InChI is InChI=1S/C20H18N4O2/c1-20(12-14-7-4-3-5-8-14)19(26)24(2)17(18(25)23-20)11-15-9-6-10-22-16(15)13-21/h3-11H,12H2,1-2H3,(H,23,25)/b17-11-. The van der Waals surface area contributed by atoms with Crippen LogP contribution in [0.1, 0.15) is 23.7 Å². The minimum atomic E-state index is -1.03. The molecular formula is C20H18N4O2. The van der Waals surface area contributed by atoms with E-state index in [9.17, 15) is 9.59 Å². The zero-order chi connectivity index (χ0) is 18.7. The molecule has 1 atom stereocenters. The van der Waals surface area contributed by atoms with Crippen LogP contribution in [0.15, 0.2) is 54.4 Å². The molecule has 1 fully saturated rings. The van der Waals surface area contributed by atoms with Gasteiger partial charge in [0.25, 0.3) is 11.8 Å². The molecule has 2 aromatic rings. The van der Waals surface area contributed by atoms with E-state index in [0.29, 0.717) is 12.0 Å². The van der Waals surface area contributed by atoms with Crippen LogP contribution >= 0.6 is 0 Å². The quantitative estimate of drug-likeness (QED) is 0.860. The third kappa shape index (κ3) is 3.20. The molecule has 0 bridgehead atoms. The Bertz CT molecular complexity index is 930. The predicted molar refractivity (Wildman–Crippen MR) is 96.4 cm³/mol. The number of nitrogens with zero attached hydrogens (tertiary/aromatic N) is 3. The molecule has 6 nitrogen and oxygen atoms in total. The van der Waals surface area contributed by atoms with Crippen molar-refractivity contribution in [2.75, 3.05) is 7.05 Å². The van der Waals surface area contributed by atoms with Gasteiger partial charge < -0.3 is 10.2 Å². The highest BCUT2D eigenvalue weighted by Crippen LogP contribution is 2.25. The summed E-state index contributed by atoms with van der Waals surface area (Å²) in [5.41, 5.74) is 0.809. The molecular weight excluding hydrogens is 328 g/mol. The highest BCUT2D eigenvalue weighted by atomic mass is 16.2. The average Bonchev–Trinajstić information content (AvgIpc) is 2.64. The minimum Gasteiger partial charge on any atom is -0.336 e. The summed E-state index contributed by atoms with van der Waals surface area (Å²) in [6, 6.07) is 14.9. The zero-order valence-corrected chi connectivity index (χ0v) is 14.6. The lowest BCUT2D eigenvalue weighted by atomic mass is 9.88. The number of amides is 2. The second-order valence-electron chi connectivity index (χ2n) is 6.40. The van der Waals surface area contributed by atoms with Crippen molar-refractivity contribution in [1.82, 2.24) is 15.2 Å². The van der Waals surface area contributed by atoms with Crippen LogP contribution in [-0.4, -0.2) is 34.3 Å². The first-order valence-electron chi connectivity index (χ1n) is 8.16. The van der Waals surface area contributed by atoms with E-state index in [-0.39, 0.29) is 23.2 Å². The van der Waals surface area contributed by atoms with Crippen molar-refractivity contribution in [3.05, 3.63) is 71.2 Å². The molecule has 2 amide bonds. The molecule has 1 N–H and O–H groups in total. The molecule has 0 radical (unpaired) electrons. The second-order valence-corrected chi connectivity index (χ2v) is 6.40. The number of hydrogen-bond donors (Lipinski definition) is 1. The van der Waals surface area contributed by atoms with Gasteiger partial charge in [-0.2, -0.15) is 5.26 Å². The van der Waals surface area contributed by atoms with Crippen LogP contribution < -0.4 is 5.32 Å². The van der Waals surface area contributed by atoms with Crippen LogP contribution in [0, 0.1) is 11.3 Å². The Kier molecular flexibility index (Phi) is 4.55. The first-order valence-corrected chi connectivity index (χ1v) is 8.16. The number of piperazine rings is 1. The van der Waals surface area contributed by atoms with Gasteiger partial charge in [0.15, 0.2) is 0 Å². The van der Waals surface area contributed by atoms with Gasteiger partial charge >= 0.3 is 0 Å². The van der Waals surface area contributed by atoms with E-state index in [1.807, 2.05) is 36.4 Å². The van der Waals surface area contributed by atoms with Gasteiger partial charge in [0.05, 0.1) is 0 Å². The number of nitrogens with one attached hydrogen (secondary N) is 1. The van der Waals surface area contributed by atoms with Crippen LogP contribution in [0.25, 0.3) is 6.08 Å². The Morgan fingerprint density at radius 1 is 1.23 bits per heavy atom. The molecule has 1 aromatic carbocycles. The lowest BCUT2D eigenvalue weighted by molar-refractivity contribution is -0.143. The normalized spacial score (nSPS) is 21.4. The number of carbonyl (C=O) groups is 2. The summed E-state index contributed by atoms with van der Waals surface area (Å²) < 4.78 is 0. The summed E-state index contributed by atoms with van der Waals surface area (Å²) >= 11 is 0. The third-order valence-electron chi connectivity index (χ3n) is 4.40. The van der Waals surface area contributed by atoms with Crippen molar-refractivity contribution >= 4 is 17.9 Å². The monoisotopic (exact) mass is 346 g/mol. The fourth-order valence-corrected chi connectivity index (χ4v) is 3.06. The van der Waals surface area contributed by atoms with Gasteiger partial charge in [-0.3, -0.25) is 9.59 Å². The predicted octanol–water partition coefficient (Wildman–Crippen LogP) is 1.88. The molecule has 1 aliphatic heterocycles. The second kappa shape index (κ2) is 6.81. The van der Waals surface area contributed by atoms with E-state index in [1.54, 1.807) is 26.1 Å². The Hall–Kier alpha value is -3.46. The fraction of sp³-hybridized carbons (Fsp3) is 0.200. The van der Waals surface area contributed by atoms with E-state index >= 15 is 0 Å². The molecule has 1 unspecified atom stereocenters. The summed E-state index contributed by atoms with van der Waals surface area (Å²) in [5.74, 6) is -0.576. The molecule has 0 aliphatic carbocycles. The molecule has 1 aliphatic rings. The van der Waals surface area contributed by atoms with Crippen molar-refractivity contribution in [2.24, 2.45) is 0 Å². The van der Waals surface area contributed by atoms with Crippen LogP contribution in [0.3, 0.4) is 0 Å². The number of likely N-dealkylation sites (N-methyl/N-ethyl adjacent to an activating group) is 1. The van der Waals surface area contributed by atoms with E-state index in [1.165, 1.54) is 17.2 Å². The van der Waals surface area contributed by atoms with Gasteiger partial charge in [0.2, 0.25) is 0 Å².